The predicted octanol–water partition coefficient (Wildman–Crippen LogP) is 4.86. The molecule has 3 aromatic rings. The standard InChI is InChI=1S/C21H19N3O/c1-2-3-12-25-20-10-8-18(9-11-20)17-4-6-19(7-5-17)21-23-14-16(13-22)15-24-21/h4-11,14-15H,2-3,12H2,1H3. The Bertz CT molecular complexity index is 848. The van der Waals surface area contributed by atoms with Gasteiger partial charge in [-0.2, -0.15) is 5.26 Å². The van der Waals surface area contributed by atoms with Crippen LogP contribution in [-0.4, -0.2) is 16.6 Å². The van der Waals surface area contributed by atoms with Gasteiger partial charge in [-0.25, -0.2) is 9.97 Å². The number of nitrogens with zero attached hydrogens (tertiary/aromatic N) is 3. The van der Waals surface area contributed by atoms with Gasteiger partial charge in [-0.15, -0.1) is 0 Å². The van der Waals surface area contributed by atoms with Crippen LogP contribution in [-0.2, 0) is 0 Å². The second-order valence-corrected chi connectivity index (χ2v) is 5.71. The quantitative estimate of drug-likeness (QED) is 0.606. The number of benzene rings is 2. The molecule has 0 aliphatic heterocycles. The first-order valence-corrected chi connectivity index (χ1v) is 8.36. The SMILES string of the molecule is CCCCOc1ccc(-c2ccc(-c3ncc(C#N)cn3)cc2)cc1. The number of ether oxygens (including phenoxy) is 1. The summed E-state index contributed by atoms with van der Waals surface area (Å²) in [7, 11) is 0. The first kappa shape index (κ1) is 16.7. The van der Waals surface area contributed by atoms with Crippen molar-refractivity contribution in [1.82, 2.24) is 9.97 Å². The summed E-state index contributed by atoms with van der Waals surface area (Å²) in [4.78, 5) is 8.44. The van der Waals surface area contributed by atoms with E-state index in [4.69, 9.17) is 10.00 Å². The highest BCUT2D eigenvalue weighted by atomic mass is 16.5. The molecule has 0 aliphatic carbocycles. The third-order valence-corrected chi connectivity index (χ3v) is 3.88. The lowest BCUT2D eigenvalue weighted by atomic mass is 10.0. The summed E-state index contributed by atoms with van der Waals surface area (Å²) < 4.78 is 5.69. The van der Waals surface area contributed by atoms with Crippen LogP contribution in [0, 0.1) is 11.3 Å². The molecule has 0 amide bonds. The third kappa shape index (κ3) is 4.21. The number of rotatable bonds is 6. The van der Waals surface area contributed by atoms with Gasteiger partial charge in [0.15, 0.2) is 5.82 Å². The van der Waals surface area contributed by atoms with Gasteiger partial charge in [0.1, 0.15) is 11.8 Å². The summed E-state index contributed by atoms with van der Waals surface area (Å²) in [5.41, 5.74) is 3.64. The number of unbranched alkanes of at least 4 members (excludes halogenated alkanes) is 1. The van der Waals surface area contributed by atoms with Gasteiger partial charge >= 0.3 is 0 Å². The van der Waals surface area contributed by atoms with Crippen LogP contribution in [0.1, 0.15) is 25.3 Å². The maximum atomic E-state index is 8.80. The summed E-state index contributed by atoms with van der Waals surface area (Å²) in [5.74, 6) is 1.52. The van der Waals surface area contributed by atoms with Crippen molar-refractivity contribution in [3.05, 3.63) is 66.5 Å². The van der Waals surface area contributed by atoms with Crippen LogP contribution in [0.25, 0.3) is 22.5 Å². The van der Waals surface area contributed by atoms with Crippen molar-refractivity contribution in [3.8, 4) is 34.3 Å². The Morgan fingerprint density at radius 2 is 1.44 bits per heavy atom. The summed E-state index contributed by atoms with van der Waals surface area (Å²) in [6.45, 7) is 2.91. The van der Waals surface area contributed by atoms with Crippen molar-refractivity contribution in [1.29, 1.82) is 5.26 Å². The van der Waals surface area contributed by atoms with E-state index in [1.807, 2.05) is 42.5 Å². The van der Waals surface area contributed by atoms with Crippen LogP contribution in [0.5, 0.6) is 5.75 Å². The van der Waals surface area contributed by atoms with E-state index in [1.54, 1.807) is 0 Å². The second kappa shape index (κ2) is 8.07. The van der Waals surface area contributed by atoms with Gasteiger partial charge in [-0.05, 0) is 29.7 Å². The Balaban J connectivity index is 1.72. The Labute approximate surface area is 147 Å². The van der Waals surface area contributed by atoms with Crippen molar-refractivity contribution in [2.24, 2.45) is 0 Å². The molecule has 0 saturated heterocycles. The van der Waals surface area contributed by atoms with Crippen LogP contribution >= 0.6 is 0 Å². The Kier molecular flexibility index (Phi) is 5.38. The number of hydrogen-bond donors (Lipinski definition) is 0. The normalized spacial score (nSPS) is 10.2. The van der Waals surface area contributed by atoms with Gasteiger partial charge in [-0.3, -0.25) is 0 Å². The average Bonchev–Trinajstić information content (AvgIpc) is 2.69. The van der Waals surface area contributed by atoms with Gasteiger partial charge in [0.25, 0.3) is 0 Å². The molecule has 0 spiro atoms. The van der Waals surface area contributed by atoms with E-state index in [9.17, 15) is 0 Å². The summed E-state index contributed by atoms with van der Waals surface area (Å²) in [6.07, 6.45) is 5.27. The van der Waals surface area contributed by atoms with Gasteiger partial charge < -0.3 is 4.74 Å². The fourth-order valence-corrected chi connectivity index (χ4v) is 2.42. The monoisotopic (exact) mass is 329 g/mol. The van der Waals surface area contributed by atoms with Crippen LogP contribution < -0.4 is 4.74 Å². The highest BCUT2D eigenvalue weighted by Crippen LogP contribution is 2.25. The van der Waals surface area contributed by atoms with E-state index in [2.05, 4.69) is 29.0 Å². The van der Waals surface area contributed by atoms with Gasteiger partial charge in [0, 0.05) is 18.0 Å². The van der Waals surface area contributed by atoms with Gasteiger partial charge in [0.2, 0.25) is 0 Å². The molecule has 25 heavy (non-hydrogen) atoms. The van der Waals surface area contributed by atoms with Crippen molar-refractivity contribution in [2.45, 2.75) is 19.8 Å². The molecule has 0 radical (unpaired) electrons. The highest BCUT2D eigenvalue weighted by Gasteiger charge is 2.03. The summed E-state index contributed by atoms with van der Waals surface area (Å²) >= 11 is 0. The maximum absolute atomic E-state index is 8.80. The minimum atomic E-state index is 0.460. The molecule has 0 atom stereocenters. The lowest BCUT2D eigenvalue weighted by molar-refractivity contribution is 0.309. The lowest BCUT2D eigenvalue weighted by Crippen LogP contribution is -1.95. The second-order valence-electron chi connectivity index (χ2n) is 5.71. The van der Waals surface area contributed by atoms with Gasteiger partial charge in [0.05, 0.1) is 12.2 Å². The molecule has 0 bridgehead atoms. The Morgan fingerprint density at radius 1 is 0.880 bits per heavy atom. The molecule has 4 nitrogen and oxygen atoms in total. The first-order valence-electron chi connectivity index (χ1n) is 8.36. The molecule has 1 heterocycles. The molecule has 1 aromatic heterocycles. The first-order chi connectivity index (χ1) is 12.3. The predicted molar refractivity (Wildman–Crippen MR) is 98.0 cm³/mol. The van der Waals surface area contributed by atoms with E-state index in [-0.39, 0.29) is 0 Å². The van der Waals surface area contributed by atoms with Crippen molar-refractivity contribution >= 4 is 0 Å². The minimum absolute atomic E-state index is 0.460. The maximum Gasteiger partial charge on any atom is 0.159 e. The zero-order chi connectivity index (χ0) is 17.5. The molecule has 4 heteroatoms. The summed E-state index contributed by atoms with van der Waals surface area (Å²) in [5, 5.41) is 8.80. The van der Waals surface area contributed by atoms with E-state index in [0.29, 0.717) is 11.4 Å². The third-order valence-electron chi connectivity index (χ3n) is 3.88. The van der Waals surface area contributed by atoms with Crippen molar-refractivity contribution in [2.75, 3.05) is 6.61 Å². The van der Waals surface area contributed by atoms with E-state index >= 15 is 0 Å². The van der Waals surface area contributed by atoms with E-state index in [1.165, 1.54) is 12.4 Å². The molecular weight excluding hydrogens is 310 g/mol. The largest absolute Gasteiger partial charge is 0.494 e. The zero-order valence-electron chi connectivity index (χ0n) is 14.1. The topological polar surface area (TPSA) is 58.8 Å². The molecule has 0 saturated carbocycles. The van der Waals surface area contributed by atoms with Crippen molar-refractivity contribution in [3.63, 3.8) is 0 Å². The molecule has 124 valence electrons. The number of hydrogen-bond acceptors (Lipinski definition) is 4. The van der Waals surface area contributed by atoms with Crippen LogP contribution in [0.2, 0.25) is 0 Å². The molecular formula is C21H19N3O. The van der Waals surface area contributed by atoms with Crippen LogP contribution in [0.15, 0.2) is 60.9 Å². The molecule has 0 fully saturated rings. The molecule has 2 aromatic carbocycles. The fraction of sp³-hybridized carbons (Fsp3) is 0.190. The highest BCUT2D eigenvalue weighted by molar-refractivity contribution is 5.68. The number of nitriles is 1. The fourth-order valence-electron chi connectivity index (χ4n) is 2.42. The Hall–Kier alpha value is -3.19. The zero-order valence-corrected chi connectivity index (χ0v) is 14.1. The van der Waals surface area contributed by atoms with Crippen LogP contribution in [0.4, 0.5) is 0 Å². The molecule has 0 N–H and O–H groups in total. The van der Waals surface area contributed by atoms with Crippen molar-refractivity contribution < 1.29 is 4.74 Å². The average molecular weight is 329 g/mol. The van der Waals surface area contributed by atoms with Gasteiger partial charge in [-0.1, -0.05) is 49.7 Å². The smallest absolute Gasteiger partial charge is 0.159 e. The van der Waals surface area contributed by atoms with E-state index < -0.39 is 0 Å². The number of aromatic nitrogens is 2. The summed E-state index contributed by atoms with van der Waals surface area (Å²) in [6, 6.07) is 18.2. The minimum Gasteiger partial charge on any atom is -0.494 e. The molecule has 0 aliphatic rings. The lowest BCUT2D eigenvalue weighted by Gasteiger charge is -2.07. The Morgan fingerprint density at radius 3 is 2.00 bits per heavy atom. The van der Waals surface area contributed by atoms with E-state index in [0.717, 1.165) is 41.9 Å². The molecule has 0 unspecified atom stereocenters. The molecule has 3 rings (SSSR count). The van der Waals surface area contributed by atoms with Crippen LogP contribution in [0.3, 0.4) is 0 Å².